The quantitative estimate of drug-likeness (QED) is 0.691. The zero-order valence-electron chi connectivity index (χ0n) is 10.0. The van der Waals surface area contributed by atoms with Crippen LogP contribution in [0.25, 0.3) is 0 Å². The molecular formula is C14H14BrClOS. The van der Waals surface area contributed by atoms with E-state index in [0.717, 1.165) is 27.3 Å². The van der Waals surface area contributed by atoms with E-state index in [0.29, 0.717) is 0 Å². The molecule has 96 valence electrons. The van der Waals surface area contributed by atoms with Gasteiger partial charge in [-0.25, -0.2) is 0 Å². The van der Waals surface area contributed by atoms with Crippen molar-refractivity contribution in [2.24, 2.45) is 0 Å². The number of hydrogen-bond acceptors (Lipinski definition) is 2. The Morgan fingerprint density at radius 2 is 1.94 bits per heavy atom. The number of thiophene rings is 1. The van der Waals surface area contributed by atoms with Crippen molar-refractivity contribution < 1.29 is 4.74 Å². The van der Waals surface area contributed by atoms with Gasteiger partial charge in [0.05, 0.1) is 15.8 Å². The fraction of sp³-hybridized carbons (Fsp3) is 0.286. The Labute approximate surface area is 125 Å². The summed E-state index contributed by atoms with van der Waals surface area (Å²) in [6, 6.07) is 12.5. The topological polar surface area (TPSA) is 9.23 Å². The summed E-state index contributed by atoms with van der Waals surface area (Å²) in [5.74, 6) is 0. The molecule has 2 aromatic rings. The van der Waals surface area contributed by atoms with E-state index in [4.69, 9.17) is 16.3 Å². The van der Waals surface area contributed by atoms with Crippen molar-refractivity contribution in [1.29, 1.82) is 0 Å². The number of hydrogen-bond donors (Lipinski definition) is 0. The minimum atomic E-state index is -0.0715. The summed E-state index contributed by atoms with van der Waals surface area (Å²) in [5.41, 5.74) is 2.41. The molecule has 0 aliphatic heterocycles. The van der Waals surface area contributed by atoms with Gasteiger partial charge in [0.15, 0.2) is 0 Å². The Kier molecular flexibility index (Phi) is 5.25. The van der Waals surface area contributed by atoms with Gasteiger partial charge in [0, 0.05) is 12.0 Å². The fourth-order valence-corrected chi connectivity index (χ4v) is 3.48. The predicted molar refractivity (Wildman–Crippen MR) is 81.7 cm³/mol. The number of alkyl halides is 1. The predicted octanol–water partition coefficient (Wildman–Crippen LogP) is 5.03. The highest BCUT2D eigenvalue weighted by molar-refractivity contribution is 9.11. The first-order valence-corrected chi connectivity index (χ1v) is 7.72. The van der Waals surface area contributed by atoms with Crippen LogP contribution in [0.4, 0.5) is 0 Å². The highest BCUT2D eigenvalue weighted by Crippen LogP contribution is 2.35. The van der Waals surface area contributed by atoms with Gasteiger partial charge in [-0.1, -0.05) is 24.3 Å². The van der Waals surface area contributed by atoms with Crippen LogP contribution >= 0.6 is 38.9 Å². The summed E-state index contributed by atoms with van der Waals surface area (Å²) in [4.78, 5) is 1.16. The van der Waals surface area contributed by atoms with Crippen molar-refractivity contribution in [3.05, 3.63) is 56.2 Å². The Morgan fingerprint density at radius 1 is 1.22 bits per heavy atom. The van der Waals surface area contributed by atoms with E-state index in [2.05, 4.69) is 46.3 Å². The molecule has 1 atom stereocenters. The Morgan fingerprint density at radius 3 is 2.50 bits per heavy atom. The van der Waals surface area contributed by atoms with Crippen LogP contribution in [0.1, 0.15) is 21.4 Å². The lowest BCUT2D eigenvalue weighted by Crippen LogP contribution is -1.95. The van der Waals surface area contributed by atoms with Crippen molar-refractivity contribution in [1.82, 2.24) is 0 Å². The van der Waals surface area contributed by atoms with Gasteiger partial charge < -0.3 is 4.74 Å². The first kappa shape index (κ1) is 14.1. The number of benzene rings is 1. The zero-order chi connectivity index (χ0) is 13.0. The van der Waals surface area contributed by atoms with E-state index in [1.54, 1.807) is 18.4 Å². The van der Waals surface area contributed by atoms with Gasteiger partial charge >= 0.3 is 0 Å². The van der Waals surface area contributed by atoms with Gasteiger partial charge in [0.25, 0.3) is 0 Å². The average molecular weight is 346 g/mol. The molecule has 0 fully saturated rings. The van der Waals surface area contributed by atoms with Crippen molar-refractivity contribution in [2.45, 2.75) is 11.8 Å². The summed E-state index contributed by atoms with van der Waals surface area (Å²) < 4.78 is 6.18. The number of ether oxygens (including phenoxy) is 1. The molecule has 0 saturated carbocycles. The standard InChI is InChI=1S/C14H14BrClOS/c1-17-9-8-10-2-4-11(5-3-10)14(16)12-6-7-13(15)18-12/h2-7,14H,8-9H2,1H3. The molecule has 0 radical (unpaired) electrons. The molecule has 1 aromatic heterocycles. The van der Waals surface area contributed by atoms with Gasteiger partial charge in [-0.05, 0) is 45.6 Å². The van der Waals surface area contributed by atoms with Crippen molar-refractivity contribution >= 4 is 38.9 Å². The van der Waals surface area contributed by atoms with E-state index in [-0.39, 0.29) is 5.38 Å². The molecule has 0 saturated heterocycles. The van der Waals surface area contributed by atoms with E-state index < -0.39 is 0 Å². The van der Waals surface area contributed by atoms with E-state index in [1.165, 1.54) is 5.56 Å². The van der Waals surface area contributed by atoms with E-state index >= 15 is 0 Å². The number of methoxy groups -OCH3 is 1. The van der Waals surface area contributed by atoms with Gasteiger partial charge in [-0.3, -0.25) is 0 Å². The van der Waals surface area contributed by atoms with Crippen molar-refractivity contribution in [3.8, 4) is 0 Å². The minimum Gasteiger partial charge on any atom is -0.384 e. The second-order valence-corrected chi connectivity index (χ2v) is 6.92. The van der Waals surface area contributed by atoms with E-state index in [9.17, 15) is 0 Å². The van der Waals surface area contributed by atoms with Crippen LogP contribution in [0.15, 0.2) is 40.2 Å². The summed E-state index contributed by atoms with van der Waals surface area (Å²) in [7, 11) is 1.72. The van der Waals surface area contributed by atoms with Crippen LogP contribution in [0.5, 0.6) is 0 Å². The van der Waals surface area contributed by atoms with Crippen LogP contribution in [0, 0.1) is 0 Å². The van der Waals surface area contributed by atoms with Crippen LogP contribution in [0.3, 0.4) is 0 Å². The molecule has 0 aliphatic rings. The summed E-state index contributed by atoms with van der Waals surface area (Å²) in [6.07, 6.45) is 0.939. The molecule has 18 heavy (non-hydrogen) atoms. The lowest BCUT2D eigenvalue weighted by atomic mass is 10.1. The zero-order valence-corrected chi connectivity index (χ0v) is 13.2. The van der Waals surface area contributed by atoms with Crippen LogP contribution < -0.4 is 0 Å². The van der Waals surface area contributed by atoms with Crippen molar-refractivity contribution in [3.63, 3.8) is 0 Å². The van der Waals surface area contributed by atoms with Gasteiger partial charge in [0.1, 0.15) is 0 Å². The molecule has 0 amide bonds. The summed E-state index contributed by atoms with van der Waals surface area (Å²) in [6.45, 7) is 0.752. The third-order valence-electron chi connectivity index (χ3n) is 2.71. The second-order valence-electron chi connectivity index (χ2n) is 3.99. The first-order chi connectivity index (χ1) is 8.70. The van der Waals surface area contributed by atoms with Gasteiger partial charge in [-0.15, -0.1) is 22.9 Å². The summed E-state index contributed by atoms with van der Waals surface area (Å²) in [5, 5.41) is -0.0715. The molecule has 0 aliphatic carbocycles. The lowest BCUT2D eigenvalue weighted by molar-refractivity contribution is 0.202. The Balaban J connectivity index is 2.09. The highest BCUT2D eigenvalue weighted by atomic mass is 79.9. The maximum Gasteiger partial charge on any atom is 0.0928 e. The fourth-order valence-electron chi connectivity index (χ4n) is 1.70. The molecule has 1 unspecified atom stereocenters. The van der Waals surface area contributed by atoms with Crippen LogP contribution in [0.2, 0.25) is 0 Å². The molecule has 1 aromatic carbocycles. The molecule has 0 spiro atoms. The average Bonchev–Trinajstić information content (AvgIpc) is 2.83. The second kappa shape index (κ2) is 6.71. The maximum atomic E-state index is 6.47. The maximum absolute atomic E-state index is 6.47. The largest absolute Gasteiger partial charge is 0.384 e. The lowest BCUT2D eigenvalue weighted by Gasteiger charge is -2.08. The minimum absolute atomic E-state index is 0.0715. The third kappa shape index (κ3) is 3.58. The Hall–Kier alpha value is -0.350. The van der Waals surface area contributed by atoms with Crippen molar-refractivity contribution in [2.75, 3.05) is 13.7 Å². The first-order valence-electron chi connectivity index (χ1n) is 5.68. The highest BCUT2D eigenvalue weighted by Gasteiger charge is 2.12. The number of rotatable bonds is 5. The molecule has 1 nitrogen and oxygen atoms in total. The van der Waals surface area contributed by atoms with Crippen LogP contribution in [-0.2, 0) is 11.2 Å². The molecule has 0 bridgehead atoms. The third-order valence-corrected chi connectivity index (χ3v) is 5.02. The smallest absolute Gasteiger partial charge is 0.0928 e. The van der Waals surface area contributed by atoms with Gasteiger partial charge in [-0.2, -0.15) is 0 Å². The normalized spacial score (nSPS) is 12.6. The van der Waals surface area contributed by atoms with E-state index in [1.807, 2.05) is 6.07 Å². The molecule has 2 rings (SSSR count). The SMILES string of the molecule is COCCc1ccc(C(Cl)c2ccc(Br)s2)cc1. The molecule has 1 heterocycles. The molecule has 4 heteroatoms. The van der Waals surface area contributed by atoms with Crippen LogP contribution in [-0.4, -0.2) is 13.7 Å². The summed E-state index contributed by atoms with van der Waals surface area (Å²) >= 11 is 11.6. The monoisotopic (exact) mass is 344 g/mol. The number of halogens is 2. The van der Waals surface area contributed by atoms with Gasteiger partial charge in [0.2, 0.25) is 0 Å². The Bertz CT molecular complexity index is 495. The molecule has 0 N–H and O–H groups in total. The molecular weight excluding hydrogens is 332 g/mol.